The van der Waals surface area contributed by atoms with E-state index in [2.05, 4.69) is 98.8 Å². The molecule has 2 aliphatic rings. The number of hydrogen-bond donors (Lipinski definition) is 0. The van der Waals surface area contributed by atoms with Crippen molar-refractivity contribution in [1.82, 2.24) is 9.97 Å². The minimum absolute atomic E-state index is 0.132. The lowest BCUT2D eigenvalue weighted by molar-refractivity contribution is 0.563. The fraction of sp³-hybridized carbons (Fsp3) is 0.0741. The van der Waals surface area contributed by atoms with E-state index in [4.69, 9.17) is 18.8 Å². The molecule has 2 aromatic heterocycles. The Balaban J connectivity index is 1.05. The normalized spacial score (nSPS) is 15.3. The maximum atomic E-state index is 9.56. The lowest BCUT2D eigenvalue weighted by Gasteiger charge is -2.46. The zero-order valence-corrected chi connectivity index (χ0v) is 31.7. The van der Waals surface area contributed by atoms with E-state index in [1.54, 1.807) is 12.1 Å². The molecule has 8 aromatic carbocycles. The summed E-state index contributed by atoms with van der Waals surface area (Å²) >= 11 is 0. The number of oxazole rings is 2. The van der Waals surface area contributed by atoms with Gasteiger partial charge in [-0.25, -0.2) is 9.97 Å². The first-order chi connectivity index (χ1) is 30.1. The van der Waals surface area contributed by atoms with Crippen molar-refractivity contribution in [2.24, 2.45) is 0 Å². The highest BCUT2D eigenvalue weighted by molar-refractivity contribution is 5.91. The van der Waals surface area contributed by atoms with Crippen LogP contribution >= 0.6 is 0 Å². The Bertz CT molecular complexity index is 3290. The van der Waals surface area contributed by atoms with Gasteiger partial charge >= 0.3 is 0 Å². The molecule has 1 spiro atoms. The fourth-order valence-electron chi connectivity index (χ4n) is 9.63. The largest absolute Gasteiger partial charge is 0.436 e. The Morgan fingerprint density at radius 1 is 0.397 bits per heavy atom. The number of aromatic nitrogens is 2. The van der Waals surface area contributed by atoms with Crippen molar-refractivity contribution in [1.29, 1.82) is 0 Å². The van der Waals surface area contributed by atoms with E-state index in [-0.39, 0.29) is 40.7 Å². The van der Waals surface area contributed by atoms with Crippen LogP contribution in [-0.4, -0.2) is 9.97 Å². The van der Waals surface area contributed by atoms with E-state index in [0.717, 1.165) is 16.7 Å². The molecule has 10 aromatic rings. The molecule has 2 heterocycles. The predicted molar refractivity (Wildman–Crippen MR) is 233 cm³/mol. The monoisotopic (exact) mass is 748 g/mol. The second kappa shape index (κ2) is 12.1. The first-order valence-electron chi connectivity index (χ1n) is 21.6. The van der Waals surface area contributed by atoms with Gasteiger partial charge in [-0.05, 0) is 115 Å². The lowest BCUT2D eigenvalue weighted by Crippen LogP contribution is -2.40. The Kier molecular flexibility index (Phi) is 6.05. The molecule has 274 valence electrons. The van der Waals surface area contributed by atoms with Gasteiger partial charge in [-0.15, -0.1) is 0 Å². The van der Waals surface area contributed by atoms with Crippen LogP contribution < -0.4 is 0 Å². The second-order valence-corrected chi connectivity index (χ2v) is 15.8. The van der Waals surface area contributed by atoms with E-state index in [1.807, 2.05) is 60.7 Å². The average Bonchev–Trinajstić information content (AvgIpc) is 4.02. The zero-order valence-electron chi connectivity index (χ0n) is 35.7. The number of hydrogen-bond acceptors (Lipinski definition) is 4. The molecule has 0 amide bonds. The zero-order chi connectivity index (χ0) is 42.1. The van der Waals surface area contributed by atoms with Gasteiger partial charge in [0, 0.05) is 16.5 Å². The first kappa shape index (κ1) is 29.0. The van der Waals surface area contributed by atoms with Gasteiger partial charge in [0.1, 0.15) is 11.0 Å². The van der Waals surface area contributed by atoms with Crippen LogP contribution in [0.4, 0.5) is 0 Å². The summed E-state index contributed by atoms with van der Waals surface area (Å²) in [5.41, 5.74) is 13.9. The van der Waals surface area contributed by atoms with Crippen molar-refractivity contribution in [2.45, 2.75) is 24.7 Å². The molecule has 0 saturated carbocycles. The molecule has 12 rings (SSSR count). The van der Waals surface area contributed by atoms with Crippen LogP contribution in [0, 0.1) is 0 Å². The quantitative estimate of drug-likeness (QED) is 0.180. The summed E-state index contributed by atoms with van der Waals surface area (Å²) < 4.78 is 50.6. The van der Waals surface area contributed by atoms with Crippen LogP contribution in [0.1, 0.15) is 52.7 Å². The van der Waals surface area contributed by atoms with Crippen molar-refractivity contribution in [2.75, 3.05) is 0 Å². The summed E-state index contributed by atoms with van der Waals surface area (Å²) in [6, 6.07) is 52.2. The second-order valence-electron chi connectivity index (χ2n) is 15.8. The van der Waals surface area contributed by atoms with Crippen LogP contribution in [0.15, 0.2) is 191 Å². The van der Waals surface area contributed by atoms with Crippen LogP contribution in [0.25, 0.3) is 78.5 Å². The Hall–Kier alpha value is -7.30. The molecule has 0 bridgehead atoms. The van der Waals surface area contributed by atoms with E-state index in [0.29, 0.717) is 56.2 Å². The molecular formula is C54H36N2O2. The number of para-hydroxylation sites is 4. The van der Waals surface area contributed by atoms with Crippen LogP contribution in [0.5, 0.6) is 0 Å². The molecule has 2 aliphatic carbocycles. The molecule has 0 aliphatic heterocycles. The van der Waals surface area contributed by atoms with Crippen LogP contribution in [-0.2, 0) is 10.8 Å². The maximum Gasteiger partial charge on any atom is 0.227 e. The molecule has 4 nitrogen and oxygen atoms in total. The van der Waals surface area contributed by atoms with E-state index in [1.165, 1.54) is 27.8 Å². The predicted octanol–water partition coefficient (Wildman–Crippen LogP) is 13.6. The topological polar surface area (TPSA) is 52.1 Å². The summed E-state index contributed by atoms with van der Waals surface area (Å²) in [7, 11) is 0. The Labute approximate surface area is 341 Å². The third kappa shape index (κ3) is 4.63. The van der Waals surface area contributed by atoms with Gasteiger partial charge < -0.3 is 8.83 Å². The van der Waals surface area contributed by atoms with Crippen molar-refractivity contribution < 1.29 is 14.3 Å². The average molecular weight is 749 g/mol. The molecular weight excluding hydrogens is 709 g/mol. The highest BCUT2D eigenvalue weighted by Gasteiger charge is 2.53. The summed E-state index contributed by atoms with van der Waals surface area (Å²) in [6.07, 6.45) is 0. The first-order valence-corrected chi connectivity index (χ1v) is 19.6. The summed E-state index contributed by atoms with van der Waals surface area (Å²) in [4.78, 5) is 9.50. The van der Waals surface area contributed by atoms with Gasteiger partial charge in [0.05, 0.1) is 10.9 Å². The SMILES string of the molecule is [2H]c1c([2H])c(-c2ccc3c(c2)-c2ccccc2C32c3ccccc3C(C)(C)c3ccccc32)c([2H])c([2H])c1-c1cc(-c2nc3ccccc3o2)cc(-c2nc3ccccc3o2)c1. The van der Waals surface area contributed by atoms with Crippen molar-refractivity contribution in [3.8, 4) is 56.3 Å². The van der Waals surface area contributed by atoms with Gasteiger partial charge in [0.2, 0.25) is 11.8 Å². The van der Waals surface area contributed by atoms with Gasteiger partial charge in [-0.1, -0.05) is 147 Å². The minimum Gasteiger partial charge on any atom is -0.436 e. The van der Waals surface area contributed by atoms with Gasteiger partial charge in [-0.3, -0.25) is 0 Å². The standard InChI is InChI=1S/C54H36N2O2/c1-53(2)43-15-5-7-17-45(43)54(46-18-8-6-16-44(46)53)41-14-4-3-13-39(41)40-32-35(27-28-42(40)54)33-23-25-34(26-24-33)36-29-37(51-55-47-19-9-11-21-49(47)57-51)31-38(30-36)52-56-48-20-10-12-22-50(48)58-52/h3-32H,1-2H3/i23D,24D,25D,26D. The Morgan fingerprint density at radius 2 is 0.845 bits per heavy atom. The number of rotatable bonds is 4. The molecule has 0 radical (unpaired) electrons. The van der Waals surface area contributed by atoms with E-state index >= 15 is 0 Å². The molecule has 58 heavy (non-hydrogen) atoms. The third-order valence-electron chi connectivity index (χ3n) is 12.3. The molecule has 4 heteroatoms. The van der Waals surface area contributed by atoms with Crippen LogP contribution in [0.3, 0.4) is 0 Å². The highest BCUT2D eigenvalue weighted by atomic mass is 16.4. The van der Waals surface area contributed by atoms with Crippen molar-refractivity contribution >= 4 is 22.2 Å². The molecule has 0 unspecified atom stereocenters. The van der Waals surface area contributed by atoms with Crippen LogP contribution in [0.2, 0.25) is 0 Å². The smallest absolute Gasteiger partial charge is 0.227 e. The fourth-order valence-corrected chi connectivity index (χ4v) is 9.63. The van der Waals surface area contributed by atoms with E-state index in [9.17, 15) is 5.48 Å². The minimum atomic E-state index is -0.585. The summed E-state index contributed by atoms with van der Waals surface area (Å²) in [6.45, 7) is 4.61. The summed E-state index contributed by atoms with van der Waals surface area (Å²) in [5.74, 6) is 0.695. The van der Waals surface area contributed by atoms with Crippen molar-refractivity contribution in [3.63, 3.8) is 0 Å². The van der Waals surface area contributed by atoms with Gasteiger partial charge in [0.15, 0.2) is 11.2 Å². The highest BCUT2D eigenvalue weighted by Crippen LogP contribution is 2.62. The number of nitrogens with zero attached hydrogens (tertiary/aromatic N) is 2. The Morgan fingerprint density at radius 3 is 1.41 bits per heavy atom. The number of benzene rings is 8. The molecule has 0 atom stereocenters. The van der Waals surface area contributed by atoms with Gasteiger partial charge in [-0.2, -0.15) is 0 Å². The molecule has 0 saturated heterocycles. The summed E-state index contributed by atoms with van der Waals surface area (Å²) in [5, 5.41) is 0. The molecule has 0 fully saturated rings. The van der Waals surface area contributed by atoms with E-state index < -0.39 is 5.41 Å². The van der Waals surface area contributed by atoms with Crippen molar-refractivity contribution in [3.05, 3.63) is 215 Å². The molecule has 0 N–H and O–H groups in total. The number of fused-ring (bicyclic) bond motifs is 11. The van der Waals surface area contributed by atoms with Gasteiger partial charge in [0.25, 0.3) is 0 Å². The third-order valence-corrected chi connectivity index (χ3v) is 12.3. The lowest BCUT2D eigenvalue weighted by atomic mass is 9.55. The maximum absolute atomic E-state index is 9.56.